The van der Waals surface area contributed by atoms with Gasteiger partial charge in [0.15, 0.2) is 0 Å². The molecule has 1 aliphatic rings. The molecule has 1 rings (SSSR count). The third-order valence-corrected chi connectivity index (χ3v) is 3.33. The van der Waals surface area contributed by atoms with E-state index < -0.39 is 6.04 Å². The fraction of sp³-hybridized carbons (Fsp3) is 0.857. The molecule has 0 saturated carbocycles. The lowest BCUT2D eigenvalue weighted by molar-refractivity contribution is -0.119. The first-order valence-electron chi connectivity index (χ1n) is 3.86. The molecule has 1 saturated heterocycles. The lowest BCUT2D eigenvalue weighted by Crippen LogP contribution is -2.38. The molecular weight excluding hydrogens is 160 g/mol. The summed E-state index contributed by atoms with van der Waals surface area (Å²) in [7, 11) is 0. The van der Waals surface area contributed by atoms with Gasteiger partial charge in [-0.2, -0.15) is 11.8 Å². The maximum Gasteiger partial charge on any atom is 0.234 e. The Labute approximate surface area is 70.9 Å². The summed E-state index contributed by atoms with van der Waals surface area (Å²) in [6.07, 6.45) is 3.19. The first-order chi connectivity index (χ1) is 5.20. The standard InChI is InChI=1S/C7H14N2OS/c8-6(7(9)10)4-5-2-1-3-11-5/h5-6H,1-4,8H2,(H2,9,10). The Kier molecular flexibility index (Phi) is 3.20. The van der Waals surface area contributed by atoms with Crippen molar-refractivity contribution in [1.29, 1.82) is 0 Å². The van der Waals surface area contributed by atoms with Gasteiger partial charge >= 0.3 is 0 Å². The number of hydrogen-bond donors (Lipinski definition) is 2. The number of nitrogens with two attached hydrogens (primary N) is 2. The number of primary amides is 1. The summed E-state index contributed by atoms with van der Waals surface area (Å²) in [6, 6.07) is -0.439. The molecule has 0 spiro atoms. The van der Waals surface area contributed by atoms with Crippen LogP contribution < -0.4 is 11.5 Å². The molecule has 2 unspecified atom stereocenters. The number of carbonyl (C=O) groups is 1. The Bertz CT molecular complexity index is 145. The molecule has 0 bridgehead atoms. The van der Waals surface area contributed by atoms with Crippen LogP contribution in [0.15, 0.2) is 0 Å². The molecule has 64 valence electrons. The molecule has 0 aromatic heterocycles. The quantitative estimate of drug-likeness (QED) is 0.637. The lowest BCUT2D eigenvalue weighted by Gasteiger charge is -2.11. The topological polar surface area (TPSA) is 69.1 Å². The normalized spacial score (nSPS) is 26.8. The zero-order valence-corrected chi connectivity index (χ0v) is 7.27. The first kappa shape index (κ1) is 8.87. The van der Waals surface area contributed by atoms with Crippen molar-refractivity contribution in [1.82, 2.24) is 0 Å². The van der Waals surface area contributed by atoms with Gasteiger partial charge in [0.25, 0.3) is 0 Å². The van der Waals surface area contributed by atoms with Crippen molar-refractivity contribution >= 4 is 17.7 Å². The molecule has 1 aliphatic heterocycles. The third-order valence-electron chi connectivity index (χ3n) is 1.91. The van der Waals surface area contributed by atoms with Gasteiger partial charge in [-0.1, -0.05) is 0 Å². The average molecular weight is 174 g/mol. The summed E-state index contributed by atoms with van der Waals surface area (Å²) in [5.41, 5.74) is 10.5. The highest BCUT2D eigenvalue weighted by Crippen LogP contribution is 2.28. The van der Waals surface area contributed by atoms with Crippen LogP contribution in [0.1, 0.15) is 19.3 Å². The van der Waals surface area contributed by atoms with Gasteiger partial charge < -0.3 is 11.5 Å². The SMILES string of the molecule is NC(=O)C(N)CC1CCCS1. The van der Waals surface area contributed by atoms with Crippen LogP contribution in [0.4, 0.5) is 0 Å². The van der Waals surface area contributed by atoms with Crippen LogP contribution in [0, 0.1) is 0 Å². The van der Waals surface area contributed by atoms with Gasteiger partial charge in [0.1, 0.15) is 0 Å². The van der Waals surface area contributed by atoms with Crippen LogP contribution in [0.3, 0.4) is 0 Å². The van der Waals surface area contributed by atoms with E-state index in [9.17, 15) is 4.79 Å². The second kappa shape index (κ2) is 3.97. The zero-order valence-electron chi connectivity index (χ0n) is 6.45. The molecule has 2 atom stereocenters. The minimum atomic E-state index is -0.439. The Hall–Kier alpha value is -0.220. The maximum atomic E-state index is 10.6. The van der Waals surface area contributed by atoms with E-state index in [1.165, 1.54) is 18.6 Å². The van der Waals surface area contributed by atoms with E-state index in [1.807, 2.05) is 11.8 Å². The van der Waals surface area contributed by atoms with Crippen molar-refractivity contribution < 1.29 is 4.79 Å². The Balaban J connectivity index is 2.23. The van der Waals surface area contributed by atoms with Crippen LogP contribution in [0.25, 0.3) is 0 Å². The smallest absolute Gasteiger partial charge is 0.234 e. The van der Waals surface area contributed by atoms with Crippen LogP contribution >= 0.6 is 11.8 Å². The average Bonchev–Trinajstić information content (AvgIpc) is 2.39. The number of thioether (sulfide) groups is 1. The van der Waals surface area contributed by atoms with Crippen molar-refractivity contribution in [2.45, 2.75) is 30.6 Å². The highest BCUT2D eigenvalue weighted by Gasteiger charge is 2.20. The third kappa shape index (κ3) is 2.71. The summed E-state index contributed by atoms with van der Waals surface area (Å²) < 4.78 is 0. The van der Waals surface area contributed by atoms with E-state index in [2.05, 4.69) is 0 Å². The Morgan fingerprint density at radius 2 is 2.45 bits per heavy atom. The van der Waals surface area contributed by atoms with Gasteiger partial charge in [0, 0.05) is 5.25 Å². The number of rotatable bonds is 3. The molecule has 0 aliphatic carbocycles. The summed E-state index contributed by atoms with van der Waals surface area (Å²) in [5, 5.41) is 0.567. The fourth-order valence-corrected chi connectivity index (χ4v) is 2.57. The zero-order chi connectivity index (χ0) is 8.27. The lowest BCUT2D eigenvalue weighted by atomic mass is 10.1. The van der Waals surface area contributed by atoms with Crippen LogP contribution in [-0.4, -0.2) is 23.0 Å². The molecule has 11 heavy (non-hydrogen) atoms. The molecule has 1 heterocycles. The predicted octanol–water partition coefficient (Wildman–Crippen LogP) is 0.0847. The van der Waals surface area contributed by atoms with Crippen molar-refractivity contribution in [3.8, 4) is 0 Å². The van der Waals surface area contributed by atoms with Crippen molar-refractivity contribution in [3.63, 3.8) is 0 Å². The Morgan fingerprint density at radius 1 is 1.73 bits per heavy atom. The molecule has 3 nitrogen and oxygen atoms in total. The highest BCUT2D eigenvalue weighted by molar-refractivity contribution is 8.00. The van der Waals surface area contributed by atoms with Gasteiger partial charge in [0.2, 0.25) is 5.91 Å². The molecule has 0 radical (unpaired) electrons. The van der Waals surface area contributed by atoms with E-state index in [0.717, 1.165) is 6.42 Å². The van der Waals surface area contributed by atoms with E-state index in [0.29, 0.717) is 5.25 Å². The van der Waals surface area contributed by atoms with E-state index in [1.54, 1.807) is 0 Å². The second-order valence-corrected chi connectivity index (χ2v) is 4.29. The fourth-order valence-electron chi connectivity index (χ4n) is 1.23. The van der Waals surface area contributed by atoms with E-state index in [-0.39, 0.29) is 5.91 Å². The molecule has 1 amide bonds. The van der Waals surface area contributed by atoms with Gasteiger partial charge in [-0.05, 0) is 25.0 Å². The van der Waals surface area contributed by atoms with E-state index in [4.69, 9.17) is 11.5 Å². The number of amides is 1. The highest BCUT2D eigenvalue weighted by atomic mass is 32.2. The maximum absolute atomic E-state index is 10.6. The molecule has 0 aromatic rings. The van der Waals surface area contributed by atoms with Crippen molar-refractivity contribution in [2.24, 2.45) is 11.5 Å². The summed E-state index contributed by atoms with van der Waals surface area (Å²) in [4.78, 5) is 10.6. The molecular formula is C7H14N2OS. The number of hydrogen-bond acceptors (Lipinski definition) is 3. The van der Waals surface area contributed by atoms with Crippen molar-refractivity contribution in [2.75, 3.05) is 5.75 Å². The van der Waals surface area contributed by atoms with E-state index >= 15 is 0 Å². The van der Waals surface area contributed by atoms with Crippen LogP contribution in [-0.2, 0) is 4.79 Å². The van der Waals surface area contributed by atoms with Gasteiger partial charge in [0.05, 0.1) is 6.04 Å². The molecule has 4 N–H and O–H groups in total. The summed E-state index contributed by atoms with van der Waals surface area (Å²) in [6.45, 7) is 0. The Morgan fingerprint density at radius 3 is 2.91 bits per heavy atom. The molecule has 0 aromatic carbocycles. The van der Waals surface area contributed by atoms with Crippen molar-refractivity contribution in [3.05, 3.63) is 0 Å². The minimum Gasteiger partial charge on any atom is -0.368 e. The van der Waals surface area contributed by atoms with Crippen LogP contribution in [0.5, 0.6) is 0 Å². The minimum absolute atomic E-state index is 0.377. The van der Waals surface area contributed by atoms with Gasteiger partial charge in [-0.3, -0.25) is 4.79 Å². The number of carbonyl (C=O) groups excluding carboxylic acids is 1. The first-order valence-corrected chi connectivity index (χ1v) is 4.91. The molecule has 1 fully saturated rings. The molecule has 4 heteroatoms. The van der Waals surface area contributed by atoms with Gasteiger partial charge in [-0.25, -0.2) is 0 Å². The van der Waals surface area contributed by atoms with Crippen LogP contribution in [0.2, 0.25) is 0 Å². The summed E-state index contributed by atoms with van der Waals surface area (Å²) in [5.74, 6) is 0.827. The second-order valence-electron chi connectivity index (χ2n) is 2.88. The van der Waals surface area contributed by atoms with Gasteiger partial charge in [-0.15, -0.1) is 0 Å². The monoisotopic (exact) mass is 174 g/mol. The summed E-state index contributed by atoms with van der Waals surface area (Å²) >= 11 is 1.90. The predicted molar refractivity (Wildman–Crippen MR) is 47.3 cm³/mol. The largest absolute Gasteiger partial charge is 0.368 e.